The summed E-state index contributed by atoms with van der Waals surface area (Å²) in [7, 11) is 1.36. The van der Waals surface area contributed by atoms with Crippen molar-refractivity contribution in [1.29, 1.82) is 0 Å². The van der Waals surface area contributed by atoms with Crippen molar-refractivity contribution in [2.75, 3.05) is 23.9 Å². The first-order chi connectivity index (χ1) is 19.4. The number of carbonyl (C=O) groups excluding carboxylic acids is 1. The third-order valence-corrected chi connectivity index (χ3v) is 7.21. The highest BCUT2D eigenvalue weighted by Gasteiger charge is 2.41. The molecule has 42 heavy (non-hydrogen) atoms. The molecular weight excluding hydrogens is 584 g/mol. The van der Waals surface area contributed by atoms with E-state index in [9.17, 15) is 36.2 Å². The normalized spacial score (nSPS) is 13.3. The third-order valence-electron chi connectivity index (χ3n) is 6.89. The quantitative estimate of drug-likeness (QED) is 0.238. The number of aliphatic hydroxyl groups is 1. The van der Waals surface area contributed by atoms with Crippen LogP contribution in [0.3, 0.4) is 0 Å². The zero-order valence-electron chi connectivity index (χ0n) is 23.7. The summed E-state index contributed by atoms with van der Waals surface area (Å²) in [4.78, 5) is 19.4. The number of rotatable bonds is 9. The molecule has 0 aliphatic heterocycles. The summed E-state index contributed by atoms with van der Waals surface area (Å²) in [6, 6.07) is 9.23. The molecule has 2 aromatic carbocycles. The van der Waals surface area contributed by atoms with Gasteiger partial charge in [-0.05, 0) is 62.1 Å². The predicted octanol–water partition coefficient (Wildman–Crippen LogP) is 8.20. The SMILES string of the molecule is CC(C)C[C@@H](CO)Nc1cc(-c2ccccc2Cl)c(N(C)C(=O)C(C)(C)c2cc(C(F)(F)F)cc(C(F)(F)F)c2)cn1. The Hall–Kier alpha value is -3.31. The lowest BCUT2D eigenvalue weighted by Gasteiger charge is -2.32. The van der Waals surface area contributed by atoms with Crippen LogP contribution in [0.4, 0.5) is 37.8 Å². The van der Waals surface area contributed by atoms with Crippen molar-refractivity contribution >= 4 is 29.0 Å². The lowest BCUT2D eigenvalue weighted by Crippen LogP contribution is -2.42. The van der Waals surface area contributed by atoms with Crippen LogP contribution < -0.4 is 10.2 Å². The maximum Gasteiger partial charge on any atom is 0.416 e. The van der Waals surface area contributed by atoms with Gasteiger partial charge in [-0.3, -0.25) is 4.79 Å². The zero-order valence-corrected chi connectivity index (χ0v) is 24.4. The molecule has 0 saturated carbocycles. The van der Waals surface area contributed by atoms with Gasteiger partial charge in [-0.25, -0.2) is 4.98 Å². The maximum atomic E-state index is 13.8. The van der Waals surface area contributed by atoms with Crippen LogP contribution in [-0.2, 0) is 22.6 Å². The zero-order chi connectivity index (χ0) is 31.6. The second kappa shape index (κ2) is 12.5. The Balaban J connectivity index is 2.12. The molecule has 1 heterocycles. The van der Waals surface area contributed by atoms with E-state index in [1.165, 1.54) is 27.1 Å². The number of likely N-dealkylation sites (N-methyl/N-ethyl adjacent to an activating group) is 1. The fraction of sp³-hybridized carbons (Fsp3) is 0.400. The summed E-state index contributed by atoms with van der Waals surface area (Å²) in [5.74, 6) is -0.128. The molecule has 0 fully saturated rings. The molecule has 0 aliphatic rings. The Morgan fingerprint density at radius 3 is 2.00 bits per heavy atom. The first kappa shape index (κ1) is 33.2. The maximum absolute atomic E-state index is 13.8. The molecule has 5 nitrogen and oxygen atoms in total. The van der Waals surface area contributed by atoms with E-state index in [0.29, 0.717) is 40.5 Å². The molecular formula is C30H32ClF6N3O2. The number of alkyl halides is 6. The van der Waals surface area contributed by atoms with Crippen LogP contribution in [0.2, 0.25) is 5.02 Å². The first-order valence-corrected chi connectivity index (χ1v) is 13.4. The van der Waals surface area contributed by atoms with Crippen molar-refractivity contribution in [3.63, 3.8) is 0 Å². The van der Waals surface area contributed by atoms with Gasteiger partial charge in [0.25, 0.3) is 0 Å². The van der Waals surface area contributed by atoms with Crippen LogP contribution in [0.25, 0.3) is 11.1 Å². The molecule has 0 bridgehead atoms. The summed E-state index contributed by atoms with van der Waals surface area (Å²) < 4.78 is 81.3. The largest absolute Gasteiger partial charge is 0.416 e. The van der Waals surface area contributed by atoms with Gasteiger partial charge in [-0.1, -0.05) is 43.6 Å². The highest BCUT2D eigenvalue weighted by molar-refractivity contribution is 6.33. The van der Waals surface area contributed by atoms with Crippen LogP contribution in [-0.4, -0.2) is 35.7 Å². The third kappa shape index (κ3) is 7.55. The van der Waals surface area contributed by atoms with E-state index in [4.69, 9.17) is 11.6 Å². The van der Waals surface area contributed by atoms with E-state index in [1.54, 1.807) is 30.3 Å². The van der Waals surface area contributed by atoms with Crippen molar-refractivity contribution in [1.82, 2.24) is 4.98 Å². The van der Waals surface area contributed by atoms with Gasteiger partial charge in [-0.15, -0.1) is 0 Å². The van der Waals surface area contributed by atoms with E-state index in [1.807, 2.05) is 13.8 Å². The van der Waals surface area contributed by atoms with Crippen LogP contribution >= 0.6 is 11.6 Å². The lowest BCUT2D eigenvalue weighted by molar-refractivity contribution is -0.143. The highest BCUT2D eigenvalue weighted by Crippen LogP contribution is 2.41. The van der Waals surface area contributed by atoms with Crippen LogP contribution in [0.5, 0.6) is 0 Å². The molecule has 0 aliphatic carbocycles. The van der Waals surface area contributed by atoms with Gasteiger partial charge in [0.1, 0.15) is 5.82 Å². The molecule has 0 saturated heterocycles. The molecule has 3 aromatic rings. The van der Waals surface area contributed by atoms with Crippen LogP contribution in [0.1, 0.15) is 50.8 Å². The number of carbonyl (C=O) groups is 1. The standard InChI is InChI=1S/C30H32ClF6N3O2/c1-17(2)10-21(16-41)39-26-14-23(22-8-6-7-9-24(22)31)25(15-38-26)40(5)27(42)28(3,4)18-11-19(29(32,33)34)13-20(12-18)30(35,36)37/h6-9,11-15,17,21,41H,10,16H2,1-5H3,(H,38,39)/t21-/m0/s1. The van der Waals surface area contributed by atoms with Gasteiger partial charge in [0.05, 0.1) is 41.1 Å². The minimum Gasteiger partial charge on any atom is -0.394 e. The molecule has 0 unspecified atom stereocenters. The summed E-state index contributed by atoms with van der Waals surface area (Å²) in [5.41, 5.74) is -4.12. The number of aromatic nitrogens is 1. The Morgan fingerprint density at radius 2 is 1.50 bits per heavy atom. The summed E-state index contributed by atoms with van der Waals surface area (Å²) in [6.45, 7) is 6.36. The second-order valence-electron chi connectivity index (χ2n) is 11.0. The van der Waals surface area contributed by atoms with Crippen molar-refractivity contribution < 1.29 is 36.2 Å². The lowest BCUT2D eigenvalue weighted by atomic mass is 9.81. The Morgan fingerprint density at radius 1 is 0.952 bits per heavy atom. The van der Waals surface area contributed by atoms with E-state index in [2.05, 4.69) is 10.3 Å². The van der Waals surface area contributed by atoms with Crippen molar-refractivity contribution in [3.8, 4) is 11.1 Å². The van der Waals surface area contributed by atoms with Crippen molar-refractivity contribution in [2.45, 2.75) is 57.9 Å². The Labute approximate surface area is 245 Å². The van der Waals surface area contributed by atoms with Gasteiger partial charge in [0, 0.05) is 23.2 Å². The minimum atomic E-state index is -5.06. The van der Waals surface area contributed by atoms with Crippen molar-refractivity contribution in [2.24, 2.45) is 5.92 Å². The van der Waals surface area contributed by atoms with E-state index < -0.39 is 40.4 Å². The number of halogens is 7. The fourth-order valence-electron chi connectivity index (χ4n) is 4.61. The van der Waals surface area contributed by atoms with Crippen LogP contribution in [0, 0.1) is 5.92 Å². The molecule has 228 valence electrons. The molecule has 2 N–H and O–H groups in total. The topological polar surface area (TPSA) is 65.5 Å². The number of nitrogens with zero attached hydrogens (tertiary/aromatic N) is 2. The average Bonchev–Trinajstić information content (AvgIpc) is 2.90. The number of amides is 1. The fourth-order valence-corrected chi connectivity index (χ4v) is 4.85. The second-order valence-corrected chi connectivity index (χ2v) is 11.4. The van der Waals surface area contributed by atoms with E-state index in [-0.39, 0.29) is 30.3 Å². The van der Waals surface area contributed by atoms with Gasteiger partial charge in [0.15, 0.2) is 0 Å². The molecule has 0 radical (unpaired) electrons. The number of hydrogen-bond donors (Lipinski definition) is 2. The Bertz CT molecular complexity index is 1390. The highest BCUT2D eigenvalue weighted by atomic mass is 35.5. The number of anilines is 2. The predicted molar refractivity (Wildman–Crippen MR) is 152 cm³/mol. The first-order valence-electron chi connectivity index (χ1n) is 13.1. The van der Waals surface area contributed by atoms with E-state index in [0.717, 1.165) is 4.90 Å². The van der Waals surface area contributed by atoms with Gasteiger partial charge in [0.2, 0.25) is 5.91 Å². The average molecular weight is 616 g/mol. The monoisotopic (exact) mass is 615 g/mol. The van der Waals surface area contributed by atoms with Crippen molar-refractivity contribution in [3.05, 3.63) is 76.4 Å². The number of pyridine rings is 1. The number of aliphatic hydroxyl groups excluding tert-OH is 1. The molecule has 12 heteroatoms. The Kier molecular flexibility index (Phi) is 9.89. The van der Waals surface area contributed by atoms with E-state index >= 15 is 0 Å². The van der Waals surface area contributed by atoms with Gasteiger partial charge in [-0.2, -0.15) is 26.3 Å². The summed E-state index contributed by atoms with van der Waals surface area (Å²) in [6.07, 6.45) is -8.11. The smallest absolute Gasteiger partial charge is 0.394 e. The molecule has 0 spiro atoms. The van der Waals surface area contributed by atoms with Gasteiger partial charge < -0.3 is 15.3 Å². The molecule has 1 amide bonds. The van der Waals surface area contributed by atoms with Crippen LogP contribution in [0.15, 0.2) is 54.7 Å². The molecule has 1 aromatic heterocycles. The van der Waals surface area contributed by atoms with Gasteiger partial charge >= 0.3 is 12.4 Å². The number of nitrogens with one attached hydrogen (secondary N) is 1. The summed E-state index contributed by atoms with van der Waals surface area (Å²) in [5, 5.41) is 13.3. The molecule has 1 atom stereocenters. The summed E-state index contributed by atoms with van der Waals surface area (Å²) >= 11 is 6.48. The minimum absolute atomic E-state index is 0.0257. The number of benzene rings is 2. The number of hydrogen-bond acceptors (Lipinski definition) is 4. The molecule has 3 rings (SSSR count).